The summed E-state index contributed by atoms with van der Waals surface area (Å²) in [6, 6.07) is 22.4. The molecule has 3 aromatic carbocycles. The Kier molecular flexibility index (Phi) is 7.25. The number of halogens is 1. The minimum absolute atomic E-state index is 0.107. The third-order valence-corrected chi connectivity index (χ3v) is 4.22. The predicted molar refractivity (Wildman–Crippen MR) is 115 cm³/mol. The number of carbonyl (C=O) groups excluding carboxylic acids is 1. The monoisotopic (exact) mass is 408 g/mol. The summed E-state index contributed by atoms with van der Waals surface area (Å²) in [5.41, 5.74) is 5.40. The van der Waals surface area contributed by atoms with Crippen LogP contribution in [0.4, 0.5) is 0 Å². The fourth-order valence-electron chi connectivity index (χ4n) is 2.43. The van der Waals surface area contributed by atoms with Crippen LogP contribution in [0.3, 0.4) is 0 Å². The Bertz CT molecular complexity index is 970. The summed E-state index contributed by atoms with van der Waals surface area (Å²) in [6.07, 6.45) is 1.55. The number of benzene rings is 3. The zero-order chi connectivity index (χ0) is 20.5. The minimum atomic E-state index is -0.336. The Labute approximate surface area is 174 Å². The molecule has 0 aliphatic heterocycles. The van der Waals surface area contributed by atoms with E-state index in [2.05, 4.69) is 10.5 Å². The van der Waals surface area contributed by atoms with Crippen molar-refractivity contribution in [3.8, 4) is 11.5 Å². The molecule has 3 aromatic rings. The summed E-state index contributed by atoms with van der Waals surface area (Å²) in [5, 5.41) is 4.66. The molecule has 0 spiro atoms. The Balaban J connectivity index is 1.46. The molecule has 0 saturated carbocycles. The highest BCUT2D eigenvalue weighted by Crippen LogP contribution is 2.16. The van der Waals surface area contributed by atoms with E-state index in [1.165, 1.54) is 0 Å². The van der Waals surface area contributed by atoms with Crippen LogP contribution in [-0.2, 0) is 11.4 Å². The summed E-state index contributed by atoms with van der Waals surface area (Å²) in [5.74, 6) is 1.01. The Morgan fingerprint density at radius 2 is 1.76 bits per heavy atom. The topological polar surface area (TPSA) is 59.9 Å². The maximum absolute atomic E-state index is 11.8. The van der Waals surface area contributed by atoms with Crippen molar-refractivity contribution in [2.24, 2.45) is 5.10 Å². The second-order valence-corrected chi connectivity index (χ2v) is 6.82. The van der Waals surface area contributed by atoms with E-state index in [0.717, 1.165) is 16.7 Å². The first-order valence-corrected chi connectivity index (χ1v) is 9.45. The minimum Gasteiger partial charge on any atom is -0.489 e. The number of nitrogens with zero attached hydrogens (tertiary/aromatic N) is 1. The molecule has 0 heterocycles. The van der Waals surface area contributed by atoms with Crippen LogP contribution in [-0.4, -0.2) is 18.7 Å². The molecule has 1 N–H and O–H groups in total. The van der Waals surface area contributed by atoms with Crippen LogP contribution in [0.1, 0.15) is 16.7 Å². The lowest BCUT2D eigenvalue weighted by Crippen LogP contribution is -2.24. The molecular weight excluding hydrogens is 388 g/mol. The predicted octanol–water partition coefficient (Wildman–Crippen LogP) is 4.76. The standard InChI is InChI=1S/C23H21ClN2O3/c1-17-5-11-21(12-6-17)29-16-23(27)26-25-14-19-3-2-4-22(13-19)28-15-18-7-9-20(24)10-8-18/h2-14H,15-16H2,1H3,(H,26,27). The second kappa shape index (κ2) is 10.3. The molecular formula is C23H21ClN2O3. The summed E-state index contributed by atoms with van der Waals surface area (Å²) in [4.78, 5) is 11.8. The molecule has 0 saturated heterocycles. The maximum Gasteiger partial charge on any atom is 0.277 e. The number of hydrogen-bond donors (Lipinski definition) is 1. The summed E-state index contributed by atoms with van der Waals surface area (Å²) in [6.45, 7) is 2.32. The smallest absolute Gasteiger partial charge is 0.277 e. The Hall–Kier alpha value is -3.31. The highest BCUT2D eigenvalue weighted by Gasteiger charge is 2.02. The van der Waals surface area contributed by atoms with Crippen LogP contribution < -0.4 is 14.9 Å². The molecule has 6 heteroatoms. The van der Waals surface area contributed by atoms with Gasteiger partial charge in [0.05, 0.1) is 6.21 Å². The van der Waals surface area contributed by atoms with Gasteiger partial charge in [0.1, 0.15) is 18.1 Å². The van der Waals surface area contributed by atoms with Gasteiger partial charge >= 0.3 is 0 Å². The van der Waals surface area contributed by atoms with E-state index in [4.69, 9.17) is 21.1 Å². The van der Waals surface area contributed by atoms with Gasteiger partial charge in [-0.3, -0.25) is 4.79 Å². The van der Waals surface area contributed by atoms with Crippen LogP contribution in [0.15, 0.2) is 77.9 Å². The summed E-state index contributed by atoms with van der Waals surface area (Å²) >= 11 is 5.88. The number of carbonyl (C=O) groups is 1. The lowest BCUT2D eigenvalue weighted by atomic mass is 10.2. The SMILES string of the molecule is Cc1ccc(OCC(=O)NN=Cc2cccc(OCc3ccc(Cl)cc3)c2)cc1. The van der Waals surface area contributed by atoms with Gasteiger partial charge in [0.15, 0.2) is 6.61 Å². The van der Waals surface area contributed by atoms with Crippen molar-refractivity contribution in [1.82, 2.24) is 5.43 Å². The van der Waals surface area contributed by atoms with Crippen LogP contribution >= 0.6 is 11.6 Å². The number of nitrogens with one attached hydrogen (secondary N) is 1. The zero-order valence-corrected chi connectivity index (χ0v) is 16.7. The molecule has 0 bridgehead atoms. The van der Waals surface area contributed by atoms with Crippen LogP contribution in [0.2, 0.25) is 5.02 Å². The average molecular weight is 409 g/mol. The van der Waals surface area contributed by atoms with Gasteiger partial charge in [-0.05, 0) is 54.4 Å². The van der Waals surface area contributed by atoms with Gasteiger partial charge in [-0.1, -0.05) is 53.6 Å². The molecule has 0 atom stereocenters. The van der Waals surface area contributed by atoms with E-state index in [-0.39, 0.29) is 12.5 Å². The van der Waals surface area contributed by atoms with Crippen molar-refractivity contribution in [3.05, 3.63) is 94.5 Å². The molecule has 1 amide bonds. The first-order chi connectivity index (χ1) is 14.1. The van der Waals surface area contributed by atoms with Crippen molar-refractivity contribution in [3.63, 3.8) is 0 Å². The molecule has 0 aliphatic rings. The largest absolute Gasteiger partial charge is 0.489 e. The van der Waals surface area contributed by atoms with Gasteiger partial charge in [0, 0.05) is 5.02 Å². The highest BCUT2D eigenvalue weighted by molar-refractivity contribution is 6.30. The number of hydrogen-bond acceptors (Lipinski definition) is 4. The summed E-state index contributed by atoms with van der Waals surface area (Å²) in [7, 11) is 0. The number of amides is 1. The molecule has 29 heavy (non-hydrogen) atoms. The molecule has 0 fully saturated rings. The van der Waals surface area contributed by atoms with Crippen LogP contribution in [0.25, 0.3) is 0 Å². The van der Waals surface area contributed by atoms with Gasteiger partial charge in [0.25, 0.3) is 5.91 Å². The number of ether oxygens (including phenoxy) is 2. The van der Waals surface area contributed by atoms with Gasteiger partial charge in [0.2, 0.25) is 0 Å². The number of hydrazone groups is 1. The van der Waals surface area contributed by atoms with E-state index in [9.17, 15) is 4.79 Å². The third-order valence-electron chi connectivity index (χ3n) is 3.97. The van der Waals surface area contributed by atoms with Gasteiger partial charge in [-0.2, -0.15) is 5.10 Å². The number of aryl methyl sites for hydroxylation is 1. The van der Waals surface area contributed by atoms with E-state index in [0.29, 0.717) is 23.1 Å². The molecule has 0 radical (unpaired) electrons. The normalized spacial score (nSPS) is 10.7. The Morgan fingerprint density at radius 3 is 2.52 bits per heavy atom. The molecule has 0 unspecified atom stereocenters. The molecule has 3 rings (SSSR count). The second-order valence-electron chi connectivity index (χ2n) is 6.38. The first-order valence-electron chi connectivity index (χ1n) is 9.07. The zero-order valence-electron chi connectivity index (χ0n) is 16.0. The maximum atomic E-state index is 11.8. The van der Waals surface area contributed by atoms with E-state index >= 15 is 0 Å². The van der Waals surface area contributed by atoms with Crippen molar-refractivity contribution in [1.29, 1.82) is 0 Å². The van der Waals surface area contributed by atoms with Crippen molar-refractivity contribution in [2.45, 2.75) is 13.5 Å². The van der Waals surface area contributed by atoms with E-state index in [1.54, 1.807) is 6.21 Å². The van der Waals surface area contributed by atoms with Crippen LogP contribution in [0.5, 0.6) is 11.5 Å². The first kappa shape index (κ1) is 20.4. The van der Waals surface area contributed by atoms with Crippen molar-refractivity contribution < 1.29 is 14.3 Å². The average Bonchev–Trinajstić information content (AvgIpc) is 2.73. The van der Waals surface area contributed by atoms with Crippen molar-refractivity contribution in [2.75, 3.05) is 6.61 Å². The molecule has 0 aliphatic carbocycles. The quantitative estimate of drug-likeness (QED) is 0.432. The molecule has 148 valence electrons. The van der Waals surface area contributed by atoms with Crippen LogP contribution in [0, 0.1) is 6.92 Å². The Morgan fingerprint density at radius 1 is 1.00 bits per heavy atom. The van der Waals surface area contributed by atoms with Gasteiger partial charge in [-0.15, -0.1) is 0 Å². The van der Waals surface area contributed by atoms with Gasteiger partial charge < -0.3 is 9.47 Å². The van der Waals surface area contributed by atoms with E-state index < -0.39 is 0 Å². The van der Waals surface area contributed by atoms with Gasteiger partial charge in [-0.25, -0.2) is 5.43 Å². The highest BCUT2D eigenvalue weighted by atomic mass is 35.5. The third kappa shape index (κ3) is 6.97. The lowest BCUT2D eigenvalue weighted by Gasteiger charge is -2.07. The number of rotatable bonds is 8. The molecule has 0 aromatic heterocycles. The van der Waals surface area contributed by atoms with E-state index in [1.807, 2.05) is 79.7 Å². The fraction of sp³-hybridized carbons (Fsp3) is 0.130. The van der Waals surface area contributed by atoms with Crippen molar-refractivity contribution >= 4 is 23.7 Å². The molecule has 5 nitrogen and oxygen atoms in total. The fourth-order valence-corrected chi connectivity index (χ4v) is 2.55. The summed E-state index contributed by atoms with van der Waals surface area (Å²) < 4.78 is 11.2. The lowest BCUT2D eigenvalue weighted by molar-refractivity contribution is -0.123.